The van der Waals surface area contributed by atoms with E-state index in [1.54, 1.807) is 6.07 Å². The summed E-state index contributed by atoms with van der Waals surface area (Å²) in [6, 6.07) is 17.6. The summed E-state index contributed by atoms with van der Waals surface area (Å²) in [5.74, 6) is 0.505. The summed E-state index contributed by atoms with van der Waals surface area (Å²) in [7, 11) is 4.02. The van der Waals surface area contributed by atoms with E-state index in [2.05, 4.69) is 22.3 Å². The first-order chi connectivity index (χ1) is 11.1. The molecule has 1 N–H and O–H groups in total. The Kier molecular flexibility index (Phi) is 6.18. The van der Waals surface area contributed by atoms with Crippen molar-refractivity contribution in [2.24, 2.45) is 0 Å². The van der Waals surface area contributed by atoms with Gasteiger partial charge in [-0.2, -0.15) is 0 Å². The summed E-state index contributed by atoms with van der Waals surface area (Å²) in [6.07, 6.45) is 0. The fraction of sp³-hybridized carbons (Fsp3) is 0.316. The Morgan fingerprint density at radius 3 is 2.39 bits per heavy atom. The van der Waals surface area contributed by atoms with Gasteiger partial charge < -0.3 is 15.0 Å². The van der Waals surface area contributed by atoms with Crippen LogP contribution in [0, 0.1) is 0 Å². The number of ether oxygens (including phenoxy) is 1. The standard InChI is InChI=1S/C19H24N2O2/c1-4-23-18-13-9-8-12-16(18)19(22)20-14-17(21(2)3)15-10-6-5-7-11-15/h5-13,17H,4,14H2,1-3H3,(H,20,22). The summed E-state index contributed by atoms with van der Waals surface area (Å²) in [5, 5.41) is 3.02. The van der Waals surface area contributed by atoms with Crippen LogP contribution in [0.5, 0.6) is 5.75 Å². The minimum atomic E-state index is -0.114. The van der Waals surface area contributed by atoms with Crippen LogP contribution >= 0.6 is 0 Å². The Balaban J connectivity index is 2.08. The van der Waals surface area contributed by atoms with Crippen molar-refractivity contribution in [2.45, 2.75) is 13.0 Å². The molecule has 0 aliphatic carbocycles. The van der Waals surface area contributed by atoms with E-state index in [0.717, 1.165) is 0 Å². The Morgan fingerprint density at radius 2 is 1.74 bits per heavy atom. The SMILES string of the molecule is CCOc1ccccc1C(=O)NCC(c1ccccc1)N(C)C. The molecule has 0 bridgehead atoms. The average molecular weight is 312 g/mol. The number of rotatable bonds is 7. The second-order valence-corrected chi connectivity index (χ2v) is 5.53. The summed E-state index contributed by atoms with van der Waals surface area (Å²) >= 11 is 0. The number of likely N-dealkylation sites (N-methyl/N-ethyl adjacent to an activating group) is 1. The molecule has 0 spiro atoms. The molecule has 0 saturated carbocycles. The largest absolute Gasteiger partial charge is 0.493 e. The van der Waals surface area contributed by atoms with Crippen LogP contribution in [0.2, 0.25) is 0 Å². The number of hydrogen-bond donors (Lipinski definition) is 1. The molecule has 0 fully saturated rings. The zero-order chi connectivity index (χ0) is 16.7. The first kappa shape index (κ1) is 17.0. The molecule has 2 aromatic rings. The van der Waals surface area contributed by atoms with Crippen molar-refractivity contribution >= 4 is 5.91 Å². The van der Waals surface area contributed by atoms with Gasteiger partial charge in [0, 0.05) is 6.54 Å². The third-order valence-electron chi connectivity index (χ3n) is 3.70. The summed E-state index contributed by atoms with van der Waals surface area (Å²) in [6.45, 7) is 2.98. The normalized spacial score (nSPS) is 12.0. The number of para-hydroxylation sites is 1. The lowest BCUT2D eigenvalue weighted by atomic mass is 10.1. The van der Waals surface area contributed by atoms with Crippen molar-refractivity contribution in [3.63, 3.8) is 0 Å². The monoisotopic (exact) mass is 312 g/mol. The number of carbonyl (C=O) groups excluding carboxylic acids is 1. The van der Waals surface area contributed by atoms with Gasteiger partial charge in [-0.15, -0.1) is 0 Å². The first-order valence-corrected chi connectivity index (χ1v) is 7.85. The molecular weight excluding hydrogens is 288 g/mol. The number of hydrogen-bond acceptors (Lipinski definition) is 3. The van der Waals surface area contributed by atoms with Gasteiger partial charge >= 0.3 is 0 Å². The highest BCUT2D eigenvalue weighted by Crippen LogP contribution is 2.19. The van der Waals surface area contributed by atoms with Crippen molar-refractivity contribution in [3.8, 4) is 5.75 Å². The van der Waals surface area contributed by atoms with Crippen molar-refractivity contribution in [3.05, 3.63) is 65.7 Å². The van der Waals surface area contributed by atoms with Crippen molar-refractivity contribution < 1.29 is 9.53 Å². The van der Waals surface area contributed by atoms with E-state index >= 15 is 0 Å². The van der Waals surface area contributed by atoms with Crippen LogP contribution in [0.4, 0.5) is 0 Å². The van der Waals surface area contributed by atoms with Gasteiger partial charge in [-0.1, -0.05) is 42.5 Å². The molecule has 4 heteroatoms. The Hall–Kier alpha value is -2.33. The van der Waals surface area contributed by atoms with Gasteiger partial charge in [0.25, 0.3) is 5.91 Å². The van der Waals surface area contributed by atoms with Crippen LogP contribution in [-0.4, -0.2) is 38.1 Å². The fourth-order valence-electron chi connectivity index (χ4n) is 2.49. The predicted octanol–water partition coefficient (Wildman–Crippen LogP) is 3.12. The molecule has 4 nitrogen and oxygen atoms in total. The van der Waals surface area contributed by atoms with E-state index in [4.69, 9.17) is 4.74 Å². The molecule has 122 valence electrons. The molecule has 0 aliphatic heterocycles. The minimum Gasteiger partial charge on any atom is -0.493 e. The topological polar surface area (TPSA) is 41.6 Å². The summed E-state index contributed by atoms with van der Waals surface area (Å²) < 4.78 is 5.53. The van der Waals surface area contributed by atoms with E-state index in [-0.39, 0.29) is 11.9 Å². The number of benzene rings is 2. The maximum atomic E-state index is 12.5. The molecule has 1 unspecified atom stereocenters. The zero-order valence-corrected chi connectivity index (χ0v) is 14.0. The van der Waals surface area contributed by atoms with Gasteiger partial charge in [0.2, 0.25) is 0 Å². The van der Waals surface area contributed by atoms with E-state index in [1.807, 2.05) is 57.4 Å². The molecule has 0 heterocycles. The van der Waals surface area contributed by atoms with Gasteiger partial charge in [0.15, 0.2) is 0 Å². The molecule has 1 atom stereocenters. The van der Waals surface area contributed by atoms with E-state index < -0.39 is 0 Å². The maximum Gasteiger partial charge on any atom is 0.255 e. The highest BCUT2D eigenvalue weighted by atomic mass is 16.5. The highest BCUT2D eigenvalue weighted by molar-refractivity contribution is 5.96. The average Bonchev–Trinajstić information content (AvgIpc) is 2.56. The van der Waals surface area contributed by atoms with Crippen LogP contribution < -0.4 is 10.1 Å². The maximum absolute atomic E-state index is 12.5. The lowest BCUT2D eigenvalue weighted by Gasteiger charge is -2.25. The van der Waals surface area contributed by atoms with Crippen LogP contribution in [0.15, 0.2) is 54.6 Å². The minimum absolute atomic E-state index is 0.114. The Bertz CT molecular complexity index is 626. The number of amides is 1. The molecule has 0 aromatic heterocycles. The second-order valence-electron chi connectivity index (χ2n) is 5.53. The van der Waals surface area contributed by atoms with Crippen LogP contribution in [0.1, 0.15) is 28.9 Å². The molecule has 23 heavy (non-hydrogen) atoms. The smallest absolute Gasteiger partial charge is 0.255 e. The van der Waals surface area contributed by atoms with Crippen molar-refractivity contribution in [1.29, 1.82) is 0 Å². The van der Waals surface area contributed by atoms with E-state index in [1.165, 1.54) is 5.56 Å². The number of carbonyl (C=O) groups is 1. The number of nitrogens with zero attached hydrogens (tertiary/aromatic N) is 1. The Labute approximate surface area is 138 Å². The number of nitrogens with one attached hydrogen (secondary N) is 1. The molecule has 2 aromatic carbocycles. The summed E-state index contributed by atoms with van der Waals surface area (Å²) in [5.41, 5.74) is 1.75. The van der Waals surface area contributed by atoms with Gasteiger partial charge in [-0.3, -0.25) is 4.79 Å². The quantitative estimate of drug-likeness (QED) is 0.854. The molecule has 0 aliphatic rings. The third kappa shape index (κ3) is 4.57. The molecular formula is C19H24N2O2. The van der Waals surface area contributed by atoms with Crippen LogP contribution in [-0.2, 0) is 0 Å². The third-order valence-corrected chi connectivity index (χ3v) is 3.70. The van der Waals surface area contributed by atoms with Crippen molar-refractivity contribution in [1.82, 2.24) is 10.2 Å². The summed E-state index contributed by atoms with van der Waals surface area (Å²) in [4.78, 5) is 14.6. The second kappa shape index (κ2) is 8.34. The van der Waals surface area contributed by atoms with Gasteiger partial charge in [-0.25, -0.2) is 0 Å². The zero-order valence-electron chi connectivity index (χ0n) is 14.0. The van der Waals surface area contributed by atoms with Gasteiger partial charge in [0.1, 0.15) is 5.75 Å². The van der Waals surface area contributed by atoms with Crippen molar-refractivity contribution in [2.75, 3.05) is 27.2 Å². The van der Waals surface area contributed by atoms with Gasteiger partial charge in [0.05, 0.1) is 18.2 Å². The molecule has 1 amide bonds. The highest BCUT2D eigenvalue weighted by Gasteiger charge is 2.17. The Morgan fingerprint density at radius 1 is 1.09 bits per heavy atom. The first-order valence-electron chi connectivity index (χ1n) is 7.85. The lowest BCUT2D eigenvalue weighted by molar-refractivity contribution is 0.0938. The van der Waals surface area contributed by atoms with E-state index in [0.29, 0.717) is 24.5 Å². The molecule has 0 radical (unpaired) electrons. The fourth-order valence-corrected chi connectivity index (χ4v) is 2.49. The lowest BCUT2D eigenvalue weighted by Crippen LogP contribution is -2.34. The van der Waals surface area contributed by atoms with Gasteiger partial charge in [-0.05, 0) is 38.7 Å². The van der Waals surface area contributed by atoms with Crippen LogP contribution in [0.25, 0.3) is 0 Å². The van der Waals surface area contributed by atoms with E-state index in [9.17, 15) is 4.79 Å². The van der Waals surface area contributed by atoms with Crippen LogP contribution in [0.3, 0.4) is 0 Å². The molecule has 0 saturated heterocycles. The predicted molar refractivity (Wildman–Crippen MR) is 92.8 cm³/mol. The molecule has 2 rings (SSSR count).